The van der Waals surface area contributed by atoms with E-state index < -0.39 is 0 Å². The molecule has 0 spiro atoms. The van der Waals surface area contributed by atoms with Crippen LogP contribution in [0.25, 0.3) is 0 Å². The molecule has 0 fully saturated rings. The molecule has 0 heterocycles. The highest BCUT2D eigenvalue weighted by atomic mass is 32.2. The molecule has 2 nitrogen and oxygen atoms in total. The third-order valence-electron chi connectivity index (χ3n) is 4.77. The molecule has 0 saturated heterocycles. The van der Waals surface area contributed by atoms with Crippen LogP contribution < -0.4 is 0 Å². The lowest BCUT2D eigenvalue weighted by molar-refractivity contribution is 0.441. The summed E-state index contributed by atoms with van der Waals surface area (Å²) in [5, 5.41) is 20.9. The van der Waals surface area contributed by atoms with Crippen molar-refractivity contribution in [3.8, 4) is 11.5 Å². The fourth-order valence-corrected chi connectivity index (χ4v) is 5.67. The summed E-state index contributed by atoms with van der Waals surface area (Å²) in [6.07, 6.45) is 0. The fourth-order valence-electron chi connectivity index (χ4n) is 3.18. The van der Waals surface area contributed by atoms with Crippen LogP contribution in [0.5, 0.6) is 11.5 Å². The maximum absolute atomic E-state index is 10.5. The first-order valence-electron chi connectivity index (χ1n) is 9.71. The molecular weight excluding hydrogens is 384 g/mol. The van der Waals surface area contributed by atoms with E-state index in [9.17, 15) is 10.2 Å². The second kappa shape index (κ2) is 8.23. The molecule has 0 bridgehead atoms. The summed E-state index contributed by atoms with van der Waals surface area (Å²) >= 11 is 3.61. The van der Waals surface area contributed by atoms with Gasteiger partial charge in [-0.15, -0.1) is 23.5 Å². The van der Waals surface area contributed by atoms with Gasteiger partial charge in [-0.1, -0.05) is 41.5 Å². The summed E-state index contributed by atoms with van der Waals surface area (Å²) in [6, 6.07) is 8.36. The second-order valence-electron chi connectivity index (χ2n) is 9.58. The van der Waals surface area contributed by atoms with Crippen molar-refractivity contribution in [3.63, 3.8) is 0 Å². The minimum absolute atomic E-state index is 0.0997. The van der Waals surface area contributed by atoms with E-state index in [1.807, 2.05) is 13.8 Å². The van der Waals surface area contributed by atoms with Crippen LogP contribution in [-0.2, 0) is 10.8 Å². The quantitative estimate of drug-likeness (QED) is 0.397. The highest BCUT2D eigenvalue weighted by molar-refractivity contribution is 8.17. The summed E-state index contributed by atoms with van der Waals surface area (Å²) in [4.78, 5) is 2.35. The zero-order valence-electron chi connectivity index (χ0n) is 18.6. The van der Waals surface area contributed by atoms with Crippen LogP contribution in [0, 0.1) is 13.8 Å². The van der Waals surface area contributed by atoms with Crippen molar-refractivity contribution in [1.29, 1.82) is 0 Å². The van der Waals surface area contributed by atoms with E-state index in [1.165, 1.54) is 9.79 Å². The number of rotatable bonds is 4. The molecule has 0 aliphatic heterocycles. The van der Waals surface area contributed by atoms with E-state index in [1.54, 1.807) is 23.5 Å². The highest BCUT2D eigenvalue weighted by Crippen LogP contribution is 2.43. The molecule has 0 radical (unpaired) electrons. The molecule has 2 aromatic rings. The molecule has 0 aliphatic rings. The fraction of sp³-hybridized carbons (Fsp3) is 0.500. The molecule has 2 N–H and O–H groups in total. The minimum atomic E-state index is -0.0997. The maximum atomic E-state index is 10.5. The van der Waals surface area contributed by atoms with Crippen LogP contribution in [0.4, 0.5) is 0 Å². The van der Waals surface area contributed by atoms with Crippen molar-refractivity contribution < 1.29 is 10.2 Å². The van der Waals surface area contributed by atoms with Gasteiger partial charge >= 0.3 is 0 Å². The maximum Gasteiger partial charge on any atom is 0.122 e. The summed E-state index contributed by atoms with van der Waals surface area (Å²) in [5.74, 6) is 0.808. The SMILES string of the molecule is Cc1cc(SC(C)Sc2cc(C)c(O)c(C(C)(C)C)c2)cc(C(C)(C)C)c1O. The largest absolute Gasteiger partial charge is 0.507 e. The van der Waals surface area contributed by atoms with Gasteiger partial charge in [-0.2, -0.15) is 0 Å². The van der Waals surface area contributed by atoms with Gasteiger partial charge in [0.1, 0.15) is 11.5 Å². The molecule has 0 amide bonds. The highest BCUT2D eigenvalue weighted by Gasteiger charge is 2.23. The zero-order valence-corrected chi connectivity index (χ0v) is 20.2. The molecule has 0 atom stereocenters. The Morgan fingerprint density at radius 2 is 1.00 bits per heavy atom. The molecule has 0 aliphatic carbocycles. The summed E-state index contributed by atoms with van der Waals surface area (Å²) in [7, 11) is 0. The van der Waals surface area contributed by atoms with Gasteiger partial charge in [-0.25, -0.2) is 0 Å². The van der Waals surface area contributed by atoms with E-state index >= 15 is 0 Å². The average molecular weight is 419 g/mol. The Morgan fingerprint density at radius 1 is 0.679 bits per heavy atom. The number of aryl methyl sites for hydroxylation is 2. The number of aromatic hydroxyl groups is 2. The molecule has 0 saturated carbocycles. The first-order chi connectivity index (χ1) is 12.7. The van der Waals surface area contributed by atoms with E-state index in [2.05, 4.69) is 72.7 Å². The Bertz CT molecular complexity index is 787. The number of phenolic OH excluding ortho intramolecular Hbond substituents is 2. The predicted molar refractivity (Wildman–Crippen MR) is 124 cm³/mol. The van der Waals surface area contributed by atoms with Gasteiger partial charge in [0.05, 0.1) is 4.58 Å². The van der Waals surface area contributed by atoms with Crippen LogP contribution >= 0.6 is 23.5 Å². The first kappa shape index (κ1) is 23.0. The Labute approximate surface area is 179 Å². The molecular formula is C24H34O2S2. The zero-order chi connectivity index (χ0) is 21.4. The van der Waals surface area contributed by atoms with Gasteiger partial charge < -0.3 is 10.2 Å². The number of phenols is 2. The van der Waals surface area contributed by atoms with E-state index in [4.69, 9.17) is 0 Å². The second-order valence-corrected chi connectivity index (χ2v) is 12.7. The number of hydrogen-bond acceptors (Lipinski definition) is 4. The molecule has 28 heavy (non-hydrogen) atoms. The summed E-state index contributed by atoms with van der Waals surface area (Å²) < 4.78 is 0.300. The lowest BCUT2D eigenvalue weighted by Crippen LogP contribution is -2.12. The Morgan fingerprint density at radius 3 is 1.29 bits per heavy atom. The smallest absolute Gasteiger partial charge is 0.122 e. The van der Waals surface area contributed by atoms with Crippen LogP contribution in [-0.4, -0.2) is 14.8 Å². The van der Waals surface area contributed by atoms with E-state index in [-0.39, 0.29) is 10.8 Å². The van der Waals surface area contributed by atoms with Crippen molar-refractivity contribution in [2.75, 3.05) is 0 Å². The van der Waals surface area contributed by atoms with Crippen molar-refractivity contribution in [2.24, 2.45) is 0 Å². The minimum Gasteiger partial charge on any atom is -0.507 e. The van der Waals surface area contributed by atoms with Gasteiger partial charge in [0.25, 0.3) is 0 Å². The number of thioether (sulfide) groups is 2. The lowest BCUT2D eigenvalue weighted by Gasteiger charge is -2.24. The molecule has 0 unspecified atom stereocenters. The molecule has 2 aromatic carbocycles. The van der Waals surface area contributed by atoms with Crippen LogP contribution in [0.3, 0.4) is 0 Å². The van der Waals surface area contributed by atoms with Crippen LogP contribution in [0.2, 0.25) is 0 Å². The van der Waals surface area contributed by atoms with Crippen molar-refractivity contribution in [2.45, 2.75) is 87.5 Å². The molecule has 4 heteroatoms. The third-order valence-corrected chi connectivity index (χ3v) is 7.03. The van der Waals surface area contributed by atoms with E-state index in [0.717, 1.165) is 22.3 Å². The number of hydrogen-bond donors (Lipinski definition) is 2. The Hall–Kier alpha value is -1.26. The van der Waals surface area contributed by atoms with Crippen molar-refractivity contribution >= 4 is 23.5 Å². The lowest BCUT2D eigenvalue weighted by atomic mass is 9.85. The van der Waals surface area contributed by atoms with Crippen molar-refractivity contribution in [3.05, 3.63) is 46.5 Å². The average Bonchev–Trinajstić information content (AvgIpc) is 2.51. The van der Waals surface area contributed by atoms with E-state index in [0.29, 0.717) is 16.1 Å². The molecule has 2 rings (SSSR count). The number of benzene rings is 2. The standard InChI is InChI=1S/C24H34O2S2/c1-14-10-17(12-19(21(14)25)23(4,5)6)27-16(3)28-18-11-15(2)22(26)20(13-18)24(7,8)9/h10-13,16,25-26H,1-9H3. The van der Waals surface area contributed by atoms with Gasteiger partial charge in [0, 0.05) is 20.9 Å². The van der Waals surface area contributed by atoms with Crippen molar-refractivity contribution in [1.82, 2.24) is 0 Å². The summed E-state index contributed by atoms with van der Waals surface area (Å²) in [5.41, 5.74) is 3.62. The predicted octanol–water partition coefficient (Wildman–Crippen LogP) is 7.54. The summed E-state index contributed by atoms with van der Waals surface area (Å²) in [6.45, 7) is 18.9. The van der Waals surface area contributed by atoms with Gasteiger partial charge in [0.2, 0.25) is 0 Å². The Balaban J connectivity index is 2.27. The van der Waals surface area contributed by atoms with Gasteiger partial charge in [0.15, 0.2) is 0 Å². The normalized spacial score (nSPS) is 12.6. The Kier molecular flexibility index (Phi) is 6.77. The third kappa shape index (κ3) is 5.42. The van der Waals surface area contributed by atoms with Gasteiger partial charge in [-0.3, -0.25) is 0 Å². The molecule has 154 valence electrons. The van der Waals surface area contributed by atoms with Crippen LogP contribution in [0.1, 0.15) is 70.7 Å². The topological polar surface area (TPSA) is 40.5 Å². The first-order valence-corrected chi connectivity index (χ1v) is 11.5. The van der Waals surface area contributed by atoms with Gasteiger partial charge in [-0.05, 0) is 67.0 Å². The van der Waals surface area contributed by atoms with Crippen LogP contribution in [0.15, 0.2) is 34.1 Å². The monoisotopic (exact) mass is 418 g/mol. The molecule has 0 aromatic heterocycles.